The van der Waals surface area contributed by atoms with Gasteiger partial charge in [-0.2, -0.15) is 0 Å². The summed E-state index contributed by atoms with van der Waals surface area (Å²) >= 11 is 0. The van der Waals surface area contributed by atoms with Crippen LogP contribution in [0.15, 0.2) is 54.9 Å². The number of carbonyl (C=O) groups excluding carboxylic acids is 1. The molecule has 0 spiro atoms. The van der Waals surface area contributed by atoms with Gasteiger partial charge in [-0.1, -0.05) is 12.1 Å². The number of carbonyl (C=O) groups is 1. The number of aliphatic hydroxyl groups excluding tert-OH is 1. The summed E-state index contributed by atoms with van der Waals surface area (Å²) in [6.45, 7) is -0.118. The molecular weight excluding hydrogens is 541 g/mol. The summed E-state index contributed by atoms with van der Waals surface area (Å²) in [5.41, 5.74) is -0.681. The average Bonchev–Trinajstić information content (AvgIpc) is 3.35. The first kappa shape index (κ1) is 27.3. The third kappa shape index (κ3) is 5.84. The number of aliphatic hydroxyl groups is 1. The van der Waals surface area contributed by atoms with Crippen LogP contribution in [-0.4, -0.2) is 52.6 Å². The SMILES string of the molecule is O=C(c1ccc(Oc2ccccc2F)cc1F)c1c[nH]c2ncc(OC(F)(F)F)c(N[C@@H]3CC[C@@H](CO)OC3)c12. The van der Waals surface area contributed by atoms with Crippen molar-refractivity contribution < 1.29 is 46.1 Å². The molecule has 0 unspecified atom stereocenters. The third-order valence-electron chi connectivity index (χ3n) is 6.31. The fourth-order valence-corrected chi connectivity index (χ4v) is 4.41. The maximum Gasteiger partial charge on any atom is 0.573 e. The highest BCUT2D eigenvalue weighted by Gasteiger charge is 2.34. The Morgan fingerprint density at radius 3 is 2.58 bits per heavy atom. The van der Waals surface area contributed by atoms with Crippen LogP contribution in [0, 0.1) is 11.6 Å². The Kier molecular flexibility index (Phi) is 7.59. The van der Waals surface area contributed by atoms with Crippen LogP contribution in [0.4, 0.5) is 27.6 Å². The maximum atomic E-state index is 15.1. The zero-order chi connectivity index (χ0) is 28.4. The van der Waals surface area contributed by atoms with E-state index in [0.717, 1.165) is 18.3 Å². The number of para-hydroxylation sites is 1. The van der Waals surface area contributed by atoms with Gasteiger partial charge in [0.15, 0.2) is 23.1 Å². The summed E-state index contributed by atoms with van der Waals surface area (Å²) in [5.74, 6) is -3.41. The van der Waals surface area contributed by atoms with E-state index in [1.54, 1.807) is 0 Å². The average molecular weight is 563 g/mol. The molecule has 0 saturated carbocycles. The second-order valence-electron chi connectivity index (χ2n) is 9.03. The molecule has 40 heavy (non-hydrogen) atoms. The third-order valence-corrected chi connectivity index (χ3v) is 6.31. The van der Waals surface area contributed by atoms with Crippen LogP contribution in [-0.2, 0) is 4.74 Å². The molecule has 1 saturated heterocycles. The lowest BCUT2D eigenvalue weighted by atomic mass is 10.0. The van der Waals surface area contributed by atoms with Gasteiger partial charge in [0.05, 0.1) is 47.7 Å². The van der Waals surface area contributed by atoms with E-state index < -0.39 is 41.1 Å². The number of nitrogens with one attached hydrogen (secondary N) is 2. The normalized spacial score (nSPS) is 17.6. The lowest BCUT2D eigenvalue weighted by Gasteiger charge is -2.30. The molecule has 2 atom stereocenters. The number of rotatable bonds is 8. The van der Waals surface area contributed by atoms with E-state index in [0.29, 0.717) is 12.8 Å². The van der Waals surface area contributed by atoms with Crippen molar-refractivity contribution in [3.05, 3.63) is 77.6 Å². The molecule has 0 amide bonds. The molecule has 0 aliphatic carbocycles. The number of aromatic amines is 1. The van der Waals surface area contributed by atoms with Crippen LogP contribution in [0.25, 0.3) is 11.0 Å². The van der Waals surface area contributed by atoms with Gasteiger partial charge in [-0.3, -0.25) is 4.79 Å². The molecule has 3 N–H and O–H groups in total. The minimum Gasteiger partial charge on any atom is -0.454 e. The van der Waals surface area contributed by atoms with Gasteiger partial charge in [-0.25, -0.2) is 13.8 Å². The number of anilines is 1. The number of hydrogen-bond acceptors (Lipinski definition) is 7. The highest BCUT2D eigenvalue weighted by Crippen LogP contribution is 2.39. The van der Waals surface area contributed by atoms with Gasteiger partial charge < -0.3 is 29.6 Å². The quantitative estimate of drug-likeness (QED) is 0.186. The van der Waals surface area contributed by atoms with Crippen LogP contribution in [0.2, 0.25) is 0 Å². The van der Waals surface area contributed by atoms with E-state index in [1.807, 2.05) is 0 Å². The summed E-state index contributed by atoms with van der Waals surface area (Å²) in [6, 6.07) is 8.34. The van der Waals surface area contributed by atoms with Gasteiger partial charge in [-0.15, -0.1) is 13.2 Å². The Hall–Kier alpha value is -4.23. The zero-order valence-electron chi connectivity index (χ0n) is 20.6. The highest BCUT2D eigenvalue weighted by atomic mass is 19.4. The van der Waals surface area contributed by atoms with Gasteiger partial charge in [0.2, 0.25) is 0 Å². The van der Waals surface area contributed by atoms with Crippen LogP contribution >= 0.6 is 0 Å². The standard InChI is InChI=1S/C27H22F5N3O5/c28-19-3-1-2-4-21(19)39-15-7-8-17(20(29)9-15)25(37)18-10-33-26-23(18)24(22(11-34-26)40-27(30,31)32)35-14-5-6-16(12-36)38-13-14/h1-4,7-11,14,16,36H,5-6,12-13H2,(H2,33,34,35)/t14-,16+/m1/s1. The van der Waals surface area contributed by atoms with Gasteiger partial charge >= 0.3 is 6.36 Å². The van der Waals surface area contributed by atoms with Crippen molar-refractivity contribution in [2.24, 2.45) is 0 Å². The summed E-state index contributed by atoms with van der Waals surface area (Å²) in [6.07, 6.45) is -2.48. The van der Waals surface area contributed by atoms with Gasteiger partial charge in [0.1, 0.15) is 17.2 Å². The predicted octanol–water partition coefficient (Wildman–Crippen LogP) is 5.71. The van der Waals surface area contributed by atoms with Crippen LogP contribution < -0.4 is 14.8 Å². The van der Waals surface area contributed by atoms with Crippen molar-refractivity contribution in [1.82, 2.24) is 9.97 Å². The Balaban J connectivity index is 1.50. The van der Waals surface area contributed by atoms with Crippen LogP contribution in [0.1, 0.15) is 28.8 Å². The van der Waals surface area contributed by atoms with Crippen molar-refractivity contribution in [3.8, 4) is 17.2 Å². The molecule has 1 fully saturated rings. The number of hydrogen-bond donors (Lipinski definition) is 3. The monoisotopic (exact) mass is 563 g/mol. The molecular formula is C27H22F5N3O5. The van der Waals surface area contributed by atoms with E-state index in [-0.39, 0.29) is 53.1 Å². The molecule has 1 aliphatic rings. The van der Waals surface area contributed by atoms with E-state index in [4.69, 9.17) is 9.47 Å². The lowest BCUT2D eigenvalue weighted by molar-refractivity contribution is -0.274. The zero-order valence-corrected chi connectivity index (χ0v) is 20.6. The Labute approximate surface area is 223 Å². The topological polar surface area (TPSA) is 106 Å². The van der Waals surface area contributed by atoms with E-state index in [9.17, 15) is 27.5 Å². The number of benzene rings is 2. The molecule has 0 bridgehead atoms. The molecule has 2 aromatic heterocycles. The van der Waals surface area contributed by atoms with Crippen LogP contribution in [0.5, 0.6) is 17.2 Å². The smallest absolute Gasteiger partial charge is 0.454 e. The number of alkyl halides is 3. The second-order valence-corrected chi connectivity index (χ2v) is 9.03. The first-order valence-corrected chi connectivity index (χ1v) is 12.1. The van der Waals surface area contributed by atoms with E-state index in [1.165, 1.54) is 36.5 Å². The minimum atomic E-state index is -5.06. The van der Waals surface area contributed by atoms with Crippen molar-refractivity contribution in [1.29, 1.82) is 0 Å². The van der Waals surface area contributed by atoms with Gasteiger partial charge in [0, 0.05) is 18.3 Å². The first-order valence-electron chi connectivity index (χ1n) is 12.1. The molecule has 0 radical (unpaired) electrons. The number of H-pyrrole nitrogens is 1. The molecule has 210 valence electrons. The fraction of sp³-hybridized carbons (Fsp3) is 0.259. The molecule has 2 aromatic carbocycles. The Morgan fingerprint density at radius 1 is 1.10 bits per heavy atom. The van der Waals surface area contributed by atoms with Crippen LogP contribution in [0.3, 0.4) is 0 Å². The number of aromatic nitrogens is 2. The van der Waals surface area contributed by atoms with Crippen molar-refractivity contribution >= 4 is 22.5 Å². The minimum absolute atomic E-state index is 0.0397. The number of ketones is 1. The number of halogens is 5. The Bertz CT molecular complexity index is 1530. The lowest BCUT2D eigenvalue weighted by Crippen LogP contribution is -2.36. The predicted molar refractivity (Wildman–Crippen MR) is 133 cm³/mol. The van der Waals surface area contributed by atoms with Gasteiger partial charge in [0.25, 0.3) is 0 Å². The second kappa shape index (κ2) is 11.1. The fourth-order valence-electron chi connectivity index (χ4n) is 4.41. The number of nitrogens with zero attached hydrogens (tertiary/aromatic N) is 1. The molecule has 1 aliphatic heterocycles. The number of ether oxygens (including phenoxy) is 3. The number of pyridine rings is 1. The van der Waals surface area contributed by atoms with Crippen molar-refractivity contribution in [3.63, 3.8) is 0 Å². The van der Waals surface area contributed by atoms with Gasteiger partial charge in [-0.05, 0) is 37.1 Å². The first-order chi connectivity index (χ1) is 19.1. The summed E-state index contributed by atoms with van der Waals surface area (Å²) in [7, 11) is 0. The highest BCUT2D eigenvalue weighted by molar-refractivity contribution is 6.19. The molecule has 5 rings (SSSR count). The molecule has 8 nitrogen and oxygen atoms in total. The molecule has 3 heterocycles. The summed E-state index contributed by atoms with van der Waals surface area (Å²) in [4.78, 5) is 20.1. The Morgan fingerprint density at radius 2 is 1.90 bits per heavy atom. The maximum absolute atomic E-state index is 15.1. The summed E-state index contributed by atoms with van der Waals surface area (Å²) < 4.78 is 83.8. The van der Waals surface area contributed by atoms with Crippen molar-refractivity contribution in [2.45, 2.75) is 31.3 Å². The largest absolute Gasteiger partial charge is 0.573 e. The van der Waals surface area contributed by atoms with E-state index >= 15 is 4.39 Å². The molecule has 13 heteroatoms. The number of fused-ring (bicyclic) bond motifs is 1. The molecule has 4 aromatic rings. The van der Waals surface area contributed by atoms with Crippen molar-refractivity contribution in [2.75, 3.05) is 18.5 Å². The van der Waals surface area contributed by atoms with E-state index in [2.05, 4.69) is 20.0 Å². The summed E-state index contributed by atoms with van der Waals surface area (Å²) in [5, 5.41) is 12.2.